The van der Waals surface area contributed by atoms with E-state index in [1.807, 2.05) is 0 Å². The van der Waals surface area contributed by atoms with E-state index in [1.54, 1.807) is 10.5 Å². The van der Waals surface area contributed by atoms with Crippen LogP contribution >= 0.6 is 0 Å². The minimum Gasteiger partial charge on any atom is -0.368 e. The predicted octanol–water partition coefficient (Wildman–Crippen LogP) is 1.33. The van der Waals surface area contributed by atoms with E-state index in [9.17, 15) is 8.42 Å². The van der Waals surface area contributed by atoms with E-state index in [-0.39, 0.29) is 11.7 Å². The lowest BCUT2D eigenvalue weighted by atomic mass is 9.91. The number of hydrogen-bond acceptors (Lipinski definition) is 5. The molecule has 1 aromatic rings. The fourth-order valence-electron chi connectivity index (χ4n) is 3.29. The third kappa shape index (κ3) is 3.35. The van der Waals surface area contributed by atoms with Crippen molar-refractivity contribution in [3.8, 4) is 0 Å². The molecule has 21 heavy (non-hydrogen) atoms. The molecule has 0 aromatic carbocycles. The van der Waals surface area contributed by atoms with E-state index in [0.717, 1.165) is 36.9 Å². The molecule has 2 N–H and O–H groups in total. The van der Waals surface area contributed by atoms with E-state index in [2.05, 4.69) is 9.97 Å². The van der Waals surface area contributed by atoms with Crippen LogP contribution in [-0.2, 0) is 23.0 Å². The molecule has 1 aliphatic heterocycles. The van der Waals surface area contributed by atoms with Crippen molar-refractivity contribution in [2.75, 3.05) is 18.0 Å². The van der Waals surface area contributed by atoms with Gasteiger partial charge in [0.15, 0.2) is 0 Å². The van der Waals surface area contributed by atoms with E-state index >= 15 is 0 Å². The maximum Gasteiger partial charge on any atom is 0.220 e. The quantitative estimate of drug-likeness (QED) is 0.909. The zero-order chi connectivity index (χ0) is 14.9. The molecular weight excluding hydrogens is 288 g/mol. The van der Waals surface area contributed by atoms with Gasteiger partial charge in [0, 0.05) is 12.7 Å². The third-order valence-electron chi connectivity index (χ3n) is 4.49. The van der Waals surface area contributed by atoms with Crippen LogP contribution in [0.2, 0.25) is 0 Å². The fraction of sp³-hybridized carbons (Fsp3) is 0.714. The van der Waals surface area contributed by atoms with Crippen LogP contribution in [0.25, 0.3) is 0 Å². The highest BCUT2D eigenvalue weighted by molar-refractivity contribution is 7.89. The lowest BCUT2D eigenvalue weighted by molar-refractivity contribution is 0.355. The number of nitrogen functional groups attached to an aromatic ring is 1. The number of nitrogens with zero attached hydrogens (tertiary/aromatic N) is 3. The Morgan fingerprint density at radius 3 is 2.81 bits per heavy atom. The van der Waals surface area contributed by atoms with Gasteiger partial charge < -0.3 is 5.73 Å². The van der Waals surface area contributed by atoms with Crippen LogP contribution < -0.4 is 5.73 Å². The fourth-order valence-corrected chi connectivity index (χ4v) is 5.12. The first kappa shape index (κ1) is 14.7. The first-order valence-corrected chi connectivity index (χ1v) is 9.23. The number of rotatable bonds is 3. The highest BCUT2D eigenvalue weighted by atomic mass is 32.2. The van der Waals surface area contributed by atoms with Gasteiger partial charge in [-0.2, -0.15) is 4.31 Å². The second-order valence-electron chi connectivity index (χ2n) is 6.07. The average molecular weight is 310 g/mol. The number of aromatic nitrogens is 2. The molecule has 2 aliphatic rings. The topological polar surface area (TPSA) is 89.2 Å². The molecule has 3 rings (SSSR count). The summed E-state index contributed by atoms with van der Waals surface area (Å²) in [4.78, 5) is 8.16. The molecule has 0 spiro atoms. The molecule has 0 unspecified atom stereocenters. The smallest absolute Gasteiger partial charge is 0.220 e. The van der Waals surface area contributed by atoms with Gasteiger partial charge in [-0.15, -0.1) is 0 Å². The SMILES string of the molecule is Nc1ncc2c(n1)CN(S(=O)(=O)CC1CCCCC1)CC2. The maximum absolute atomic E-state index is 12.6. The molecular formula is C14H22N4O2S. The van der Waals surface area contributed by atoms with Gasteiger partial charge in [-0.05, 0) is 30.7 Å². The number of hydrogen-bond donors (Lipinski definition) is 1. The standard InChI is InChI=1S/C14H22N4O2S/c15-14-16-8-12-6-7-18(9-13(12)17-14)21(19,20)10-11-4-2-1-3-5-11/h8,11H,1-7,9-10H2,(H2,15,16,17). The lowest BCUT2D eigenvalue weighted by Gasteiger charge is -2.29. The van der Waals surface area contributed by atoms with E-state index in [4.69, 9.17) is 5.73 Å². The van der Waals surface area contributed by atoms with Crippen LogP contribution in [0, 0.1) is 5.92 Å². The largest absolute Gasteiger partial charge is 0.368 e. The molecule has 7 heteroatoms. The van der Waals surface area contributed by atoms with Crippen LogP contribution in [0.5, 0.6) is 0 Å². The zero-order valence-electron chi connectivity index (χ0n) is 12.2. The third-order valence-corrected chi connectivity index (χ3v) is 6.49. The molecule has 0 saturated heterocycles. The average Bonchev–Trinajstić information content (AvgIpc) is 2.47. The monoisotopic (exact) mass is 310 g/mol. The van der Waals surface area contributed by atoms with E-state index < -0.39 is 10.0 Å². The summed E-state index contributed by atoms with van der Waals surface area (Å²) < 4.78 is 26.8. The summed E-state index contributed by atoms with van der Waals surface area (Å²) in [5, 5.41) is 0. The van der Waals surface area contributed by atoms with Crippen LogP contribution in [0.15, 0.2) is 6.20 Å². The highest BCUT2D eigenvalue weighted by Crippen LogP contribution is 2.27. The van der Waals surface area contributed by atoms with Crippen molar-refractivity contribution in [2.45, 2.75) is 45.1 Å². The Balaban J connectivity index is 1.71. The molecule has 1 saturated carbocycles. The van der Waals surface area contributed by atoms with Crippen LogP contribution in [0.1, 0.15) is 43.4 Å². The summed E-state index contributed by atoms with van der Waals surface area (Å²) in [5.74, 6) is 0.809. The second kappa shape index (κ2) is 5.88. The Hall–Kier alpha value is -1.21. The summed E-state index contributed by atoms with van der Waals surface area (Å²) >= 11 is 0. The summed E-state index contributed by atoms with van der Waals surface area (Å²) in [6.07, 6.45) is 8.02. The Bertz CT molecular complexity index is 611. The van der Waals surface area contributed by atoms with Crippen molar-refractivity contribution in [1.82, 2.24) is 14.3 Å². The normalized spacial score (nSPS) is 21.1. The molecule has 0 radical (unpaired) electrons. The summed E-state index contributed by atoms with van der Waals surface area (Å²) in [5.41, 5.74) is 7.35. The van der Waals surface area contributed by atoms with Crippen molar-refractivity contribution >= 4 is 16.0 Å². The molecule has 0 atom stereocenters. The van der Waals surface area contributed by atoms with Crippen molar-refractivity contribution < 1.29 is 8.42 Å². The minimum absolute atomic E-state index is 0.209. The molecule has 2 heterocycles. The summed E-state index contributed by atoms with van der Waals surface area (Å²) in [7, 11) is -3.21. The molecule has 0 bridgehead atoms. The first-order valence-electron chi connectivity index (χ1n) is 7.63. The number of fused-ring (bicyclic) bond motifs is 1. The summed E-state index contributed by atoms with van der Waals surface area (Å²) in [6, 6.07) is 0. The highest BCUT2D eigenvalue weighted by Gasteiger charge is 2.30. The van der Waals surface area contributed by atoms with Gasteiger partial charge >= 0.3 is 0 Å². The molecule has 0 amide bonds. The Labute approximate surface area is 125 Å². The minimum atomic E-state index is -3.21. The number of anilines is 1. The zero-order valence-corrected chi connectivity index (χ0v) is 13.0. The van der Waals surface area contributed by atoms with E-state index in [1.165, 1.54) is 6.42 Å². The van der Waals surface area contributed by atoms with Crippen molar-refractivity contribution in [1.29, 1.82) is 0 Å². The first-order chi connectivity index (χ1) is 10.0. The second-order valence-corrected chi connectivity index (χ2v) is 8.08. The van der Waals surface area contributed by atoms with Crippen LogP contribution in [-0.4, -0.2) is 35.0 Å². The Kier molecular flexibility index (Phi) is 4.12. The molecule has 1 aromatic heterocycles. The van der Waals surface area contributed by atoms with Gasteiger partial charge in [0.25, 0.3) is 0 Å². The number of nitrogens with two attached hydrogens (primary N) is 1. The van der Waals surface area contributed by atoms with E-state index in [0.29, 0.717) is 25.4 Å². The molecule has 1 fully saturated rings. The molecule has 1 aliphatic carbocycles. The molecule has 116 valence electrons. The maximum atomic E-state index is 12.6. The van der Waals surface area contributed by atoms with Gasteiger partial charge in [-0.3, -0.25) is 0 Å². The summed E-state index contributed by atoms with van der Waals surface area (Å²) in [6.45, 7) is 0.854. The Morgan fingerprint density at radius 1 is 1.29 bits per heavy atom. The Morgan fingerprint density at radius 2 is 2.05 bits per heavy atom. The predicted molar refractivity (Wildman–Crippen MR) is 80.9 cm³/mol. The lowest BCUT2D eigenvalue weighted by Crippen LogP contribution is -2.39. The van der Waals surface area contributed by atoms with Crippen LogP contribution in [0.4, 0.5) is 5.95 Å². The van der Waals surface area contributed by atoms with Crippen molar-refractivity contribution in [3.63, 3.8) is 0 Å². The number of sulfonamides is 1. The van der Waals surface area contributed by atoms with Crippen molar-refractivity contribution in [2.24, 2.45) is 5.92 Å². The van der Waals surface area contributed by atoms with Crippen molar-refractivity contribution in [3.05, 3.63) is 17.5 Å². The molecule has 6 nitrogen and oxygen atoms in total. The van der Waals surface area contributed by atoms with Gasteiger partial charge in [0.2, 0.25) is 16.0 Å². The van der Waals surface area contributed by atoms with Gasteiger partial charge in [-0.25, -0.2) is 18.4 Å². The van der Waals surface area contributed by atoms with Gasteiger partial charge in [0.1, 0.15) is 0 Å². The van der Waals surface area contributed by atoms with Crippen LogP contribution in [0.3, 0.4) is 0 Å². The van der Waals surface area contributed by atoms with Gasteiger partial charge in [-0.1, -0.05) is 19.3 Å². The van der Waals surface area contributed by atoms with Gasteiger partial charge in [0.05, 0.1) is 18.0 Å².